The molecular weight excluding hydrogens is 599 g/mol. The van der Waals surface area contributed by atoms with Crippen LogP contribution in [0, 0.1) is 11.2 Å². The van der Waals surface area contributed by atoms with Gasteiger partial charge in [-0.2, -0.15) is 0 Å². The standard InChI is InChI=1S/C29H34ClFN6O5S/c1-4-11-42-26(38)21-20(15-35-9-10-37-17(13-35)14-36(28(37)41)16-29(2,3)27(39)40)33-24(25-32-8-12-43-25)34-23(21)18-6-5-7-19(31)22(18)30/h5-8,12,17,23H,4,9-11,13-16H2,1-3H3,(H,33,34)(H,39,40)/t17-,23-/m0/s1. The van der Waals surface area contributed by atoms with Gasteiger partial charge in [0.15, 0.2) is 10.8 Å². The summed E-state index contributed by atoms with van der Waals surface area (Å²) < 4.78 is 20.2. The molecule has 0 unspecified atom stereocenters. The fourth-order valence-electron chi connectivity index (χ4n) is 5.53. The molecule has 2 atom stereocenters. The second kappa shape index (κ2) is 12.6. The van der Waals surface area contributed by atoms with Crippen LogP contribution in [0.15, 0.2) is 46.0 Å². The van der Waals surface area contributed by atoms with Crippen molar-refractivity contribution in [1.29, 1.82) is 0 Å². The summed E-state index contributed by atoms with van der Waals surface area (Å²) in [6, 6.07) is 3.17. The molecule has 0 spiro atoms. The zero-order valence-electron chi connectivity index (χ0n) is 24.2. The molecule has 5 rings (SSSR count). The van der Waals surface area contributed by atoms with Gasteiger partial charge in [0.1, 0.15) is 11.9 Å². The van der Waals surface area contributed by atoms with Crippen LogP contribution >= 0.6 is 22.9 Å². The van der Waals surface area contributed by atoms with Crippen molar-refractivity contribution in [2.45, 2.75) is 39.3 Å². The summed E-state index contributed by atoms with van der Waals surface area (Å²) >= 11 is 7.79. The van der Waals surface area contributed by atoms with Gasteiger partial charge in [0.05, 0.1) is 28.7 Å². The normalized spacial score (nSPS) is 21.0. The monoisotopic (exact) mass is 632 g/mol. The van der Waals surface area contributed by atoms with Crippen LogP contribution in [0.4, 0.5) is 9.18 Å². The predicted molar refractivity (Wildman–Crippen MR) is 160 cm³/mol. The molecule has 230 valence electrons. The van der Waals surface area contributed by atoms with Gasteiger partial charge in [0.25, 0.3) is 0 Å². The van der Waals surface area contributed by atoms with E-state index in [0.29, 0.717) is 61.2 Å². The van der Waals surface area contributed by atoms with Gasteiger partial charge >= 0.3 is 18.0 Å². The number of ether oxygens (including phenoxy) is 1. The minimum absolute atomic E-state index is 0.109. The van der Waals surface area contributed by atoms with Gasteiger partial charge < -0.3 is 25.0 Å². The number of carbonyl (C=O) groups excluding carboxylic acids is 2. The Morgan fingerprint density at radius 2 is 2.07 bits per heavy atom. The highest BCUT2D eigenvalue weighted by Crippen LogP contribution is 2.38. The number of amides is 2. The van der Waals surface area contributed by atoms with E-state index in [9.17, 15) is 23.9 Å². The molecule has 2 fully saturated rings. The maximum atomic E-state index is 14.6. The van der Waals surface area contributed by atoms with Crippen molar-refractivity contribution in [3.63, 3.8) is 0 Å². The molecule has 43 heavy (non-hydrogen) atoms. The lowest BCUT2D eigenvalue weighted by atomic mass is 9.93. The molecule has 2 amide bonds. The average Bonchev–Trinajstić information content (AvgIpc) is 3.61. The molecule has 4 heterocycles. The number of carboxylic acids is 1. The Morgan fingerprint density at radius 1 is 1.28 bits per heavy atom. The van der Waals surface area contributed by atoms with Gasteiger partial charge in [-0.05, 0) is 26.3 Å². The number of nitrogens with zero attached hydrogens (tertiary/aromatic N) is 5. The summed E-state index contributed by atoms with van der Waals surface area (Å²) in [6.45, 7) is 7.59. The van der Waals surface area contributed by atoms with Gasteiger partial charge in [-0.3, -0.25) is 14.7 Å². The first-order chi connectivity index (χ1) is 20.5. The molecule has 2 N–H and O–H groups in total. The molecule has 14 heteroatoms. The van der Waals surface area contributed by atoms with E-state index in [0.717, 1.165) is 0 Å². The number of fused-ring (bicyclic) bond motifs is 1. The summed E-state index contributed by atoms with van der Waals surface area (Å²) in [7, 11) is 0. The van der Waals surface area contributed by atoms with Gasteiger partial charge in [-0.1, -0.05) is 30.7 Å². The lowest BCUT2D eigenvalue weighted by molar-refractivity contribution is -0.147. The topological polar surface area (TPSA) is 128 Å². The minimum Gasteiger partial charge on any atom is -0.481 e. The zero-order chi connectivity index (χ0) is 30.9. The number of thiazole rings is 1. The molecule has 0 saturated carbocycles. The summed E-state index contributed by atoms with van der Waals surface area (Å²) in [5, 5.41) is 15.2. The van der Waals surface area contributed by atoms with Crippen molar-refractivity contribution in [2.24, 2.45) is 10.4 Å². The number of nitrogens with one attached hydrogen (secondary N) is 1. The molecule has 0 radical (unpaired) electrons. The molecular formula is C29H34ClFN6O5S. The van der Waals surface area contributed by atoms with E-state index in [1.807, 2.05) is 12.3 Å². The number of carboxylic acid groups (broad SMARTS) is 1. The number of benzene rings is 1. The van der Waals surface area contributed by atoms with Crippen LogP contribution in [-0.4, -0.2) is 101 Å². The quantitative estimate of drug-likeness (QED) is 0.379. The minimum atomic E-state index is -1.08. The van der Waals surface area contributed by atoms with Crippen LogP contribution in [0.25, 0.3) is 0 Å². The van der Waals surface area contributed by atoms with E-state index >= 15 is 0 Å². The number of carbonyl (C=O) groups is 3. The molecule has 1 aromatic carbocycles. The van der Waals surface area contributed by atoms with Gasteiger partial charge in [0, 0.05) is 62.1 Å². The number of amidine groups is 1. The van der Waals surface area contributed by atoms with Gasteiger partial charge in [-0.25, -0.2) is 19.0 Å². The van der Waals surface area contributed by atoms with Crippen LogP contribution in [0.1, 0.15) is 43.8 Å². The molecule has 2 aromatic rings. The van der Waals surface area contributed by atoms with Crippen molar-refractivity contribution >= 4 is 46.7 Å². The number of halogens is 2. The maximum absolute atomic E-state index is 14.6. The number of urea groups is 1. The van der Waals surface area contributed by atoms with Gasteiger partial charge in [-0.15, -0.1) is 11.3 Å². The third-order valence-corrected chi connectivity index (χ3v) is 8.93. The van der Waals surface area contributed by atoms with E-state index in [1.54, 1.807) is 35.9 Å². The summed E-state index contributed by atoms with van der Waals surface area (Å²) in [5.41, 5.74) is 0.0261. The highest BCUT2D eigenvalue weighted by Gasteiger charge is 2.44. The van der Waals surface area contributed by atoms with Crippen molar-refractivity contribution < 1.29 is 28.6 Å². The van der Waals surface area contributed by atoms with Crippen molar-refractivity contribution in [3.8, 4) is 0 Å². The Morgan fingerprint density at radius 3 is 2.77 bits per heavy atom. The van der Waals surface area contributed by atoms with Crippen LogP contribution < -0.4 is 5.32 Å². The molecule has 2 saturated heterocycles. The number of rotatable bonds is 10. The Kier molecular flexibility index (Phi) is 9.04. The number of aliphatic carboxylic acids is 1. The highest BCUT2D eigenvalue weighted by molar-refractivity contribution is 7.11. The summed E-state index contributed by atoms with van der Waals surface area (Å²) in [5.74, 6) is -1.73. The number of esters is 1. The van der Waals surface area contributed by atoms with E-state index in [1.165, 1.54) is 23.5 Å². The van der Waals surface area contributed by atoms with E-state index in [4.69, 9.17) is 21.3 Å². The van der Waals surface area contributed by atoms with Crippen molar-refractivity contribution in [2.75, 3.05) is 45.9 Å². The number of aromatic nitrogens is 1. The maximum Gasteiger partial charge on any atom is 0.338 e. The third kappa shape index (κ3) is 6.38. The molecule has 11 nitrogen and oxygen atoms in total. The van der Waals surface area contributed by atoms with Crippen molar-refractivity contribution in [1.82, 2.24) is 25.0 Å². The summed E-state index contributed by atoms with van der Waals surface area (Å²) in [6.07, 6.45) is 2.27. The molecule has 1 aromatic heterocycles. The zero-order valence-corrected chi connectivity index (χ0v) is 25.8. The third-order valence-electron chi connectivity index (χ3n) is 7.76. The number of piperazine rings is 1. The Bertz CT molecular complexity index is 1470. The first-order valence-electron chi connectivity index (χ1n) is 14.1. The molecule has 3 aliphatic rings. The fourth-order valence-corrected chi connectivity index (χ4v) is 6.34. The second-order valence-corrected chi connectivity index (χ2v) is 12.7. The fraction of sp³-hybridized carbons (Fsp3) is 0.483. The first-order valence-corrected chi connectivity index (χ1v) is 15.4. The Labute approximate surface area is 258 Å². The van der Waals surface area contributed by atoms with Crippen LogP contribution in [-0.2, 0) is 14.3 Å². The molecule has 0 bridgehead atoms. The number of hydrogen-bond acceptors (Lipinski definition) is 9. The second-order valence-electron chi connectivity index (χ2n) is 11.4. The number of hydrogen-bond donors (Lipinski definition) is 2. The first kappa shape index (κ1) is 30.9. The largest absolute Gasteiger partial charge is 0.481 e. The molecule has 3 aliphatic heterocycles. The average molecular weight is 633 g/mol. The van der Waals surface area contributed by atoms with E-state index in [-0.39, 0.29) is 35.8 Å². The summed E-state index contributed by atoms with van der Waals surface area (Å²) in [4.78, 5) is 53.0. The van der Waals surface area contributed by atoms with Crippen molar-refractivity contribution in [3.05, 3.63) is 62.5 Å². The predicted octanol–water partition coefficient (Wildman–Crippen LogP) is 3.77. The van der Waals surface area contributed by atoms with Crippen LogP contribution in [0.5, 0.6) is 0 Å². The van der Waals surface area contributed by atoms with E-state index < -0.39 is 29.2 Å². The highest BCUT2D eigenvalue weighted by atomic mass is 35.5. The lowest BCUT2D eigenvalue weighted by Crippen LogP contribution is -2.53. The lowest BCUT2D eigenvalue weighted by Gasteiger charge is -2.38. The smallest absolute Gasteiger partial charge is 0.338 e. The Hall–Kier alpha value is -3.55. The molecule has 0 aliphatic carbocycles. The SMILES string of the molecule is CCCOC(=O)C1=C(CN2CCN3C(=O)N(CC(C)(C)C(=O)O)C[C@@H]3C2)NC(c2nccs2)=N[C@H]1c1cccc(F)c1Cl. The van der Waals surface area contributed by atoms with Crippen LogP contribution in [0.3, 0.4) is 0 Å². The van der Waals surface area contributed by atoms with Gasteiger partial charge in [0.2, 0.25) is 0 Å². The van der Waals surface area contributed by atoms with E-state index in [2.05, 4.69) is 15.2 Å². The van der Waals surface area contributed by atoms with Crippen LogP contribution in [0.2, 0.25) is 5.02 Å². The number of aliphatic imine (C=N–C) groups is 1. The Balaban J connectivity index is 1.46.